The number of nitrogens with one attached hydrogen (secondary N) is 1. The molecule has 0 heterocycles. The number of amides is 1. The molecular formula is C27H43N2O6+. The van der Waals surface area contributed by atoms with Crippen molar-refractivity contribution in [1.29, 1.82) is 0 Å². The third-order valence-electron chi connectivity index (χ3n) is 5.26. The Morgan fingerprint density at radius 2 is 1.89 bits per heavy atom. The SMILES string of the molecule is CCc1ccc(OCCOCCOCCNC(=O)OC(C)(C)C)c([NH2+]C2C=CC(CCO)=CC2)c1. The predicted molar refractivity (Wildman–Crippen MR) is 136 cm³/mol. The van der Waals surface area contributed by atoms with E-state index in [4.69, 9.17) is 24.1 Å². The van der Waals surface area contributed by atoms with Crippen molar-refractivity contribution in [1.82, 2.24) is 5.32 Å². The molecule has 0 aliphatic heterocycles. The van der Waals surface area contributed by atoms with Gasteiger partial charge in [0.05, 0.1) is 26.4 Å². The number of aliphatic hydroxyl groups is 1. The maximum Gasteiger partial charge on any atom is 0.407 e. The number of alkyl carbamates (subject to hydrolysis) is 1. The largest absolute Gasteiger partial charge is 0.485 e. The second-order valence-electron chi connectivity index (χ2n) is 9.41. The van der Waals surface area contributed by atoms with Gasteiger partial charge in [-0.25, -0.2) is 4.79 Å². The van der Waals surface area contributed by atoms with E-state index < -0.39 is 11.7 Å². The van der Waals surface area contributed by atoms with Crippen LogP contribution in [-0.4, -0.2) is 69.0 Å². The third-order valence-corrected chi connectivity index (χ3v) is 5.26. The van der Waals surface area contributed by atoms with E-state index in [1.54, 1.807) is 0 Å². The fraction of sp³-hybridized carbons (Fsp3) is 0.593. The summed E-state index contributed by atoms with van der Waals surface area (Å²) < 4.78 is 22.3. The van der Waals surface area contributed by atoms with E-state index in [1.165, 1.54) is 11.1 Å². The maximum atomic E-state index is 11.5. The number of quaternary nitrogens is 1. The van der Waals surface area contributed by atoms with E-state index >= 15 is 0 Å². The maximum absolute atomic E-state index is 11.5. The van der Waals surface area contributed by atoms with Crippen LogP contribution in [0.2, 0.25) is 0 Å². The fourth-order valence-electron chi connectivity index (χ4n) is 3.50. The van der Waals surface area contributed by atoms with Crippen LogP contribution in [-0.2, 0) is 20.6 Å². The summed E-state index contributed by atoms with van der Waals surface area (Å²) in [5, 5.41) is 14.0. The lowest BCUT2D eigenvalue weighted by atomic mass is 10.0. The van der Waals surface area contributed by atoms with Gasteiger partial charge in [0.1, 0.15) is 18.2 Å². The van der Waals surface area contributed by atoms with Gasteiger partial charge in [-0.3, -0.25) is 0 Å². The van der Waals surface area contributed by atoms with Crippen LogP contribution in [0.1, 0.15) is 46.1 Å². The van der Waals surface area contributed by atoms with Crippen LogP contribution >= 0.6 is 0 Å². The molecule has 2 rings (SSSR count). The highest BCUT2D eigenvalue weighted by Crippen LogP contribution is 2.23. The molecule has 196 valence electrons. The Bertz CT molecular complexity index is 831. The van der Waals surface area contributed by atoms with Crippen LogP contribution in [0, 0.1) is 0 Å². The number of allylic oxidation sites excluding steroid dienone is 1. The summed E-state index contributed by atoms with van der Waals surface area (Å²) in [4.78, 5) is 11.5. The number of nitrogens with two attached hydrogens (primary N) is 1. The Hall–Kier alpha value is -2.39. The van der Waals surface area contributed by atoms with Gasteiger partial charge in [0.25, 0.3) is 0 Å². The summed E-state index contributed by atoms with van der Waals surface area (Å²) in [6, 6.07) is 6.63. The highest BCUT2D eigenvalue weighted by Gasteiger charge is 2.17. The molecule has 1 atom stereocenters. The number of aryl methyl sites for hydroxylation is 1. The van der Waals surface area contributed by atoms with Crippen molar-refractivity contribution >= 4 is 11.8 Å². The number of aliphatic hydroxyl groups excluding tert-OH is 1. The monoisotopic (exact) mass is 491 g/mol. The topological polar surface area (TPSA) is 103 Å². The zero-order valence-electron chi connectivity index (χ0n) is 21.7. The highest BCUT2D eigenvalue weighted by atomic mass is 16.6. The van der Waals surface area contributed by atoms with Crippen molar-refractivity contribution < 1.29 is 34.2 Å². The predicted octanol–water partition coefficient (Wildman–Crippen LogP) is 3.02. The number of ether oxygens (including phenoxy) is 4. The lowest BCUT2D eigenvalue weighted by Crippen LogP contribution is -2.84. The summed E-state index contributed by atoms with van der Waals surface area (Å²) in [6.07, 6.45) is 8.66. The molecule has 0 saturated carbocycles. The van der Waals surface area contributed by atoms with Crippen molar-refractivity contribution in [2.45, 2.75) is 58.6 Å². The molecule has 1 aromatic carbocycles. The molecule has 35 heavy (non-hydrogen) atoms. The lowest BCUT2D eigenvalue weighted by molar-refractivity contribution is -0.599. The molecular weight excluding hydrogens is 448 g/mol. The zero-order chi connectivity index (χ0) is 25.5. The normalized spacial score (nSPS) is 15.6. The Labute approximate surface area is 209 Å². The standard InChI is InChI=1S/C27H42N2O6/c1-5-21-8-11-25(24(20-21)29-23-9-6-22(7-10-23)12-14-30)34-19-18-33-17-16-32-15-13-28-26(31)35-27(2,3)4/h6-9,11,20,23,29-30H,5,10,12-19H2,1-4H3,(H,28,31)/p+1. The number of hydrogen-bond acceptors (Lipinski definition) is 6. The Balaban J connectivity index is 1.64. The molecule has 1 amide bonds. The summed E-state index contributed by atoms with van der Waals surface area (Å²) in [5.41, 5.74) is 3.05. The molecule has 0 fully saturated rings. The average molecular weight is 492 g/mol. The van der Waals surface area contributed by atoms with Crippen LogP contribution in [0.25, 0.3) is 0 Å². The zero-order valence-corrected chi connectivity index (χ0v) is 21.7. The summed E-state index contributed by atoms with van der Waals surface area (Å²) in [6.45, 7) is 10.4. The van der Waals surface area contributed by atoms with Gasteiger partial charge < -0.3 is 34.7 Å². The van der Waals surface area contributed by atoms with E-state index in [0.29, 0.717) is 52.0 Å². The van der Waals surface area contributed by atoms with Crippen molar-refractivity contribution in [2.75, 3.05) is 46.2 Å². The summed E-state index contributed by atoms with van der Waals surface area (Å²) in [5.74, 6) is 0.855. The highest BCUT2D eigenvalue weighted by molar-refractivity contribution is 5.67. The van der Waals surface area contributed by atoms with E-state index in [9.17, 15) is 4.79 Å². The lowest BCUT2D eigenvalue weighted by Gasteiger charge is -2.19. The van der Waals surface area contributed by atoms with Crippen molar-refractivity contribution in [3.63, 3.8) is 0 Å². The molecule has 0 aromatic heterocycles. The van der Waals surface area contributed by atoms with Crippen molar-refractivity contribution in [2.24, 2.45) is 0 Å². The quantitative estimate of drug-likeness (QED) is 0.257. The molecule has 1 aliphatic carbocycles. The van der Waals surface area contributed by atoms with Gasteiger partial charge in [-0.1, -0.05) is 25.1 Å². The van der Waals surface area contributed by atoms with E-state index in [1.807, 2.05) is 26.8 Å². The first kappa shape index (κ1) is 28.8. The van der Waals surface area contributed by atoms with Crippen LogP contribution in [0.15, 0.2) is 42.0 Å². The van der Waals surface area contributed by atoms with Crippen molar-refractivity contribution in [3.05, 3.63) is 47.6 Å². The van der Waals surface area contributed by atoms with Gasteiger partial charge in [0.2, 0.25) is 0 Å². The van der Waals surface area contributed by atoms with Crippen LogP contribution < -0.4 is 15.4 Å². The van der Waals surface area contributed by atoms with Gasteiger partial charge >= 0.3 is 6.09 Å². The molecule has 8 heteroatoms. The Morgan fingerprint density at radius 1 is 1.14 bits per heavy atom. The fourth-order valence-corrected chi connectivity index (χ4v) is 3.50. The second kappa shape index (κ2) is 15.6. The van der Waals surface area contributed by atoms with Gasteiger partial charge in [0, 0.05) is 25.6 Å². The van der Waals surface area contributed by atoms with Crippen LogP contribution in [0.4, 0.5) is 10.5 Å². The van der Waals surface area contributed by atoms with Crippen molar-refractivity contribution in [3.8, 4) is 5.75 Å². The number of benzene rings is 1. The number of carbonyl (C=O) groups excluding carboxylic acids is 1. The molecule has 0 bridgehead atoms. The van der Waals surface area contributed by atoms with E-state index in [-0.39, 0.29) is 6.61 Å². The third kappa shape index (κ3) is 12.2. The van der Waals surface area contributed by atoms with Crippen LogP contribution in [0.5, 0.6) is 5.75 Å². The minimum atomic E-state index is -0.507. The number of hydrogen-bond donors (Lipinski definition) is 3. The van der Waals surface area contributed by atoms with E-state index in [0.717, 1.165) is 24.3 Å². The van der Waals surface area contributed by atoms with E-state index in [2.05, 4.69) is 47.9 Å². The molecule has 1 aromatic rings. The number of carbonyl (C=O) groups is 1. The number of rotatable bonds is 15. The van der Waals surface area contributed by atoms with Crippen LogP contribution in [0.3, 0.4) is 0 Å². The molecule has 0 spiro atoms. The molecule has 0 radical (unpaired) electrons. The molecule has 1 aliphatic rings. The summed E-state index contributed by atoms with van der Waals surface area (Å²) >= 11 is 0. The first-order valence-electron chi connectivity index (χ1n) is 12.5. The molecule has 0 saturated heterocycles. The first-order valence-corrected chi connectivity index (χ1v) is 12.5. The molecule has 8 nitrogen and oxygen atoms in total. The van der Waals surface area contributed by atoms with Gasteiger partial charge in [-0.15, -0.1) is 0 Å². The Kier molecular flexibility index (Phi) is 12.8. The Morgan fingerprint density at radius 3 is 2.54 bits per heavy atom. The second-order valence-corrected chi connectivity index (χ2v) is 9.41. The van der Waals surface area contributed by atoms with Gasteiger partial charge in [-0.2, -0.15) is 0 Å². The summed E-state index contributed by atoms with van der Waals surface area (Å²) in [7, 11) is 0. The molecule has 1 unspecified atom stereocenters. The minimum absolute atomic E-state index is 0.181. The molecule has 4 N–H and O–H groups in total. The smallest absolute Gasteiger partial charge is 0.407 e. The van der Waals surface area contributed by atoms with Gasteiger partial charge in [-0.05, 0) is 56.9 Å². The average Bonchev–Trinajstić information content (AvgIpc) is 2.81. The van der Waals surface area contributed by atoms with Gasteiger partial charge in [0.15, 0.2) is 11.4 Å². The minimum Gasteiger partial charge on any atom is -0.485 e. The first-order chi connectivity index (χ1) is 16.8.